The minimum absolute atomic E-state index is 0.0307. The number of rotatable bonds is 7. The second-order valence-corrected chi connectivity index (χ2v) is 8.21. The van der Waals surface area contributed by atoms with E-state index in [1.807, 2.05) is 22.6 Å². The van der Waals surface area contributed by atoms with Crippen molar-refractivity contribution in [3.8, 4) is 5.75 Å². The fourth-order valence-electron chi connectivity index (χ4n) is 2.96. The lowest BCUT2D eigenvalue weighted by Crippen LogP contribution is -2.22. The third-order valence-corrected chi connectivity index (χ3v) is 4.92. The second-order valence-electron chi connectivity index (χ2n) is 6.97. The molecular weight excluding hydrogens is 499 g/mol. The molecule has 0 aliphatic carbocycles. The predicted molar refractivity (Wildman–Crippen MR) is 111 cm³/mol. The summed E-state index contributed by atoms with van der Waals surface area (Å²) in [6.07, 6.45) is 0.235. The van der Waals surface area contributed by atoms with Gasteiger partial charge < -0.3 is 24.6 Å². The lowest BCUT2D eigenvalue weighted by atomic mass is 10.1. The maximum absolute atomic E-state index is 14.1. The Morgan fingerprint density at radius 2 is 2.07 bits per heavy atom. The maximum atomic E-state index is 14.1. The van der Waals surface area contributed by atoms with Crippen LogP contribution in [0.4, 0.5) is 20.2 Å². The minimum Gasteiger partial charge on any atom is -0.492 e. The molecule has 2 N–H and O–H groups in total. The van der Waals surface area contributed by atoms with E-state index in [2.05, 4.69) is 5.32 Å². The zero-order chi connectivity index (χ0) is 21.2. The van der Waals surface area contributed by atoms with Gasteiger partial charge in [-0.05, 0) is 60.7 Å². The van der Waals surface area contributed by atoms with Crippen molar-refractivity contribution in [1.82, 2.24) is 0 Å². The van der Waals surface area contributed by atoms with Gasteiger partial charge in [0.1, 0.15) is 22.9 Å². The van der Waals surface area contributed by atoms with Gasteiger partial charge in [0, 0.05) is 16.1 Å². The van der Waals surface area contributed by atoms with Crippen molar-refractivity contribution in [3.05, 3.63) is 51.1 Å². The second kappa shape index (κ2) is 8.80. The van der Waals surface area contributed by atoms with E-state index in [0.717, 1.165) is 12.1 Å². The highest BCUT2D eigenvalue weighted by molar-refractivity contribution is 14.1. The van der Waals surface area contributed by atoms with Crippen LogP contribution in [-0.2, 0) is 9.47 Å². The van der Waals surface area contributed by atoms with Gasteiger partial charge in [0.05, 0.1) is 30.7 Å². The molecule has 3 rings (SSSR count). The van der Waals surface area contributed by atoms with Gasteiger partial charge in [-0.3, -0.25) is 0 Å². The smallest absolute Gasteiger partial charge is 0.341 e. The minimum atomic E-state index is -1.32. The molecule has 0 bridgehead atoms. The summed E-state index contributed by atoms with van der Waals surface area (Å²) >= 11 is 1.95. The van der Waals surface area contributed by atoms with Gasteiger partial charge in [-0.2, -0.15) is 0 Å². The maximum Gasteiger partial charge on any atom is 0.341 e. The number of nitrogens with one attached hydrogen (secondary N) is 1. The first-order valence-corrected chi connectivity index (χ1v) is 9.96. The highest BCUT2D eigenvalue weighted by atomic mass is 127. The van der Waals surface area contributed by atoms with Crippen LogP contribution in [0.5, 0.6) is 5.75 Å². The molecule has 0 spiro atoms. The summed E-state index contributed by atoms with van der Waals surface area (Å²) < 4.78 is 45.6. The van der Waals surface area contributed by atoms with Crippen molar-refractivity contribution in [2.75, 3.05) is 18.5 Å². The van der Waals surface area contributed by atoms with Crippen LogP contribution in [0.2, 0.25) is 0 Å². The summed E-state index contributed by atoms with van der Waals surface area (Å²) in [7, 11) is 0. The number of anilines is 2. The normalized spacial score (nSPS) is 17.9. The molecule has 29 heavy (non-hydrogen) atoms. The lowest BCUT2D eigenvalue weighted by Gasteiger charge is -2.18. The Kier molecular flexibility index (Phi) is 6.59. The zero-order valence-corrected chi connectivity index (χ0v) is 18.0. The average Bonchev–Trinajstić information content (AvgIpc) is 2.95. The van der Waals surface area contributed by atoms with Crippen LogP contribution in [0.1, 0.15) is 30.6 Å². The van der Waals surface area contributed by atoms with Crippen LogP contribution in [-0.4, -0.2) is 36.2 Å². The van der Waals surface area contributed by atoms with E-state index >= 15 is 0 Å². The Balaban J connectivity index is 1.79. The molecule has 1 aliphatic heterocycles. The van der Waals surface area contributed by atoms with Crippen LogP contribution in [0.3, 0.4) is 0 Å². The van der Waals surface area contributed by atoms with Crippen LogP contribution in [0, 0.1) is 15.2 Å². The fourth-order valence-corrected chi connectivity index (χ4v) is 3.41. The number of carboxylic acids is 1. The number of aromatic carboxylic acids is 1. The van der Waals surface area contributed by atoms with E-state index in [0.29, 0.717) is 16.6 Å². The molecule has 6 nitrogen and oxygen atoms in total. The largest absolute Gasteiger partial charge is 0.492 e. The summed E-state index contributed by atoms with van der Waals surface area (Å²) in [5.74, 6) is -3.44. The van der Waals surface area contributed by atoms with Crippen LogP contribution >= 0.6 is 22.6 Å². The van der Waals surface area contributed by atoms with E-state index in [-0.39, 0.29) is 35.4 Å². The molecule has 9 heteroatoms. The van der Waals surface area contributed by atoms with E-state index in [1.165, 1.54) is 12.1 Å². The first-order chi connectivity index (χ1) is 13.6. The molecule has 156 valence electrons. The van der Waals surface area contributed by atoms with Crippen LogP contribution < -0.4 is 10.1 Å². The van der Waals surface area contributed by atoms with Crippen molar-refractivity contribution in [3.63, 3.8) is 0 Å². The van der Waals surface area contributed by atoms with Crippen molar-refractivity contribution in [2.24, 2.45) is 0 Å². The van der Waals surface area contributed by atoms with Gasteiger partial charge in [0.25, 0.3) is 0 Å². The van der Waals surface area contributed by atoms with Crippen molar-refractivity contribution in [1.29, 1.82) is 0 Å². The standard InChI is InChI=1S/C20H20F2INO5/c1-20(2)28-10-13(29-20)5-6-27-17-8-11(21)7-16(18(17)19(25)26)24-15-4-3-12(23)9-14(15)22/h3-4,7-9,13,24H,5-6,10H2,1-2H3,(H,25,26). The molecule has 1 atom stereocenters. The SMILES string of the molecule is CC1(C)OCC(CCOc2cc(F)cc(Nc3ccc(I)cc3F)c2C(=O)O)O1. The fraction of sp³-hybridized carbons (Fsp3) is 0.350. The predicted octanol–water partition coefficient (Wildman–Crippen LogP) is 4.93. The molecule has 0 amide bonds. The van der Waals surface area contributed by atoms with Crippen LogP contribution in [0.15, 0.2) is 30.3 Å². The molecule has 1 aliphatic rings. The molecule has 1 saturated heterocycles. The number of halogens is 3. The van der Waals surface area contributed by atoms with Crippen LogP contribution in [0.25, 0.3) is 0 Å². The number of hydrogen-bond donors (Lipinski definition) is 2. The molecule has 2 aromatic carbocycles. The number of hydrogen-bond acceptors (Lipinski definition) is 5. The molecular formula is C20H20F2INO5. The number of carboxylic acid groups (broad SMARTS) is 1. The van der Waals surface area contributed by atoms with E-state index in [1.54, 1.807) is 19.9 Å². The summed E-state index contributed by atoms with van der Waals surface area (Å²) in [6.45, 7) is 4.09. The van der Waals surface area contributed by atoms with Gasteiger partial charge in [0.2, 0.25) is 0 Å². The topological polar surface area (TPSA) is 77.0 Å². The van der Waals surface area contributed by atoms with Gasteiger partial charge >= 0.3 is 5.97 Å². The number of ether oxygens (including phenoxy) is 3. The monoisotopic (exact) mass is 519 g/mol. The Labute approximate surface area is 180 Å². The van der Waals surface area contributed by atoms with Gasteiger partial charge in [-0.1, -0.05) is 0 Å². The van der Waals surface area contributed by atoms with Gasteiger partial charge in [0.15, 0.2) is 5.79 Å². The molecule has 2 aromatic rings. The summed E-state index contributed by atoms with van der Waals surface area (Å²) in [5.41, 5.74) is -0.356. The van der Waals surface area contributed by atoms with E-state index < -0.39 is 23.4 Å². The highest BCUT2D eigenvalue weighted by Crippen LogP contribution is 2.32. The summed E-state index contributed by atoms with van der Waals surface area (Å²) in [6, 6.07) is 6.37. The molecule has 1 heterocycles. The quantitative estimate of drug-likeness (QED) is 0.506. The van der Waals surface area contributed by atoms with Crippen molar-refractivity contribution >= 4 is 39.9 Å². The van der Waals surface area contributed by atoms with E-state index in [9.17, 15) is 18.7 Å². The third-order valence-electron chi connectivity index (χ3n) is 4.25. The third kappa shape index (κ3) is 5.55. The Morgan fingerprint density at radius 1 is 1.31 bits per heavy atom. The van der Waals surface area contributed by atoms with Crippen molar-refractivity contribution < 1.29 is 32.9 Å². The highest BCUT2D eigenvalue weighted by Gasteiger charge is 2.32. The Hall–Kier alpha value is -1.98. The lowest BCUT2D eigenvalue weighted by molar-refractivity contribution is -0.139. The first kappa shape index (κ1) is 21.7. The molecule has 0 aromatic heterocycles. The summed E-state index contributed by atoms with van der Waals surface area (Å²) in [4.78, 5) is 11.8. The number of carbonyl (C=O) groups is 1. The van der Waals surface area contributed by atoms with Crippen molar-refractivity contribution in [2.45, 2.75) is 32.2 Å². The summed E-state index contributed by atoms with van der Waals surface area (Å²) in [5, 5.41) is 12.3. The number of benzene rings is 2. The molecule has 0 saturated carbocycles. The Morgan fingerprint density at radius 3 is 2.69 bits per heavy atom. The molecule has 1 fully saturated rings. The molecule has 0 radical (unpaired) electrons. The first-order valence-electron chi connectivity index (χ1n) is 8.88. The average molecular weight is 519 g/mol. The molecule has 1 unspecified atom stereocenters. The van der Waals surface area contributed by atoms with Gasteiger partial charge in [-0.15, -0.1) is 0 Å². The zero-order valence-electron chi connectivity index (χ0n) is 15.8. The Bertz CT molecular complexity index is 922. The van der Waals surface area contributed by atoms with Gasteiger partial charge in [-0.25, -0.2) is 13.6 Å². The van der Waals surface area contributed by atoms with E-state index in [4.69, 9.17) is 14.2 Å².